The number of ether oxygens (including phenoxy) is 1. The Hall–Kier alpha value is -0.160. The summed E-state index contributed by atoms with van der Waals surface area (Å²) in [6.07, 6.45) is 2.63. The first-order valence-corrected chi connectivity index (χ1v) is 5.62. The minimum atomic E-state index is 0.645. The monoisotopic (exact) mass is 199 g/mol. The van der Waals surface area contributed by atoms with E-state index in [1.54, 1.807) is 0 Å². The first-order chi connectivity index (χ1) is 6.84. The second kappa shape index (κ2) is 5.07. The van der Waals surface area contributed by atoms with Crippen LogP contribution in [0.5, 0.6) is 0 Å². The van der Waals surface area contributed by atoms with Gasteiger partial charge in [0.05, 0.1) is 13.2 Å². The summed E-state index contributed by atoms with van der Waals surface area (Å²) in [7, 11) is 2.20. The zero-order chi connectivity index (χ0) is 9.80. The van der Waals surface area contributed by atoms with Crippen molar-refractivity contribution < 1.29 is 4.74 Å². The fraction of sp³-hybridized carbons (Fsp3) is 1.00. The number of hydrogen-bond donors (Lipinski definition) is 1. The molecule has 0 saturated carbocycles. The molecule has 2 heterocycles. The molecule has 0 aromatic carbocycles. The van der Waals surface area contributed by atoms with Crippen molar-refractivity contribution in [3.05, 3.63) is 0 Å². The van der Waals surface area contributed by atoms with Crippen molar-refractivity contribution in [1.82, 2.24) is 15.3 Å². The number of likely N-dealkylation sites (N-methyl/N-ethyl adjacent to an activating group) is 1. The molecular weight excluding hydrogens is 178 g/mol. The van der Waals surface area contributed by atoms with Crippen molar-refractivity contribution in [1.29, 1.82) is 0 Å². The van der Waals surface area contributed by atoms with Gasteiger partial charge in [0.1, 0.15) is 0 Å². The molecule has 14 heavy (non-hydrogen) atoms. The van der Waals surface area contributed by atoms with Crippen LogP contribution in [0.15, 0.2) is 0 Å². The second-order valence-corrected chi connectivity index (χ2v) is 4.33. The van der Waals surface area contributed by atoms with E-state index in [9.17, 15) is 0 Å². The van der Waals surface area contributed by atoms with E-state index < -0.39 is 0 Å². The topological polar surface area (TPSA) is 27.7 Å². The minimum absolute atomic E-state index is 0.645. The highest BCUT2D eigenvalue weighted by Crippen LogP contribution is 2.08. The molecule has 0 radical (unpaired) electrons. The van der Waals surface area contributed by atoms with E-state index in [2.05, 4.69) is 22.4 Å². The maximum absolute atomic E-state index is 5.32. The Morgan fingerprint density at radius 2 is 2.00 bits per heavy atom. The maximum atomic E-state index is 5.32. The zero-order valence-electron chi connectivity index (χ0n) is 9.04. The first-order valence-electron chi connectivity index (χ1n) is 5.62. The van der Waals surface area contributed by atoms with Gasteiger partial charge in [-0.2, -0.15) is 0 Å². The van der Waals surface area contributed by atoms with Gasteiger partial charge in [0.25, 0.3) is 0 Å². The summed E-state index contributed by atoms with van der Waals surface area (Å²) >= 11 is 0. The lowest BCUT2D eigenvalue weighted by molar-refractivity contribution is -0.00295. The quantitative estimate of drug-likeness (QED) is 0.673. The third kappa shape index (κ3) is 2.92. The Morgan fingerprint density at radius 3 is 2.71 bits per heavy atom. The van der Waals surface area contributed by atoms with Crippen molar-refractivity contribution in [2.45, 2.75) is 18.9 Å². The fourth-order valence-corrected chi connectivity index (χ4v) is 2.22. The summed E-state index contributed by atoms with van der Waals surface area (Å²) < 4.78 is 5.32. The molecule has 2 saturated heterocycles. The van der Waals surface area contributed by atoms with Gasteiger partial charge >= 0.3 is 0 Å². The molecule has 0 spiro atoms. The molecule has 2 fully saturated rings. The third-order valence-electron chi connectivity index (χ3n) is 3.00. The van der Waals surface area contributed by atoms with E-state index in [4.69, 9.17) is 4.74 Å². The molecule has 0 aromatic rings. The van der Waals surface area contributed by atoms with Gasteiger partial charge < -0.3 is 9.64 Å². The van der Waals surface area contributed by atoms with Gasteiger partial charge in [-0.3, -0.25) is 5.43 Å². The molecule has 4 nitrogen and oxygen atoms in total. The third-order valence-corrected chi connectivity index (χ3v) is 3.00. The molecular formula is C10H21N3O. The lowest BCUT2D eigenvalue weighted by Gasteiger charge is -2.36. The summed E-state index contributed by atoms with van der Waals surface area (Å²) in [6.45, 7) is 6.23. The zero-order valence-corrected chi connectivity index (χ0v) is 9.04. The molecule has 2 rings (SSSR count). The van der Waals surface area contributed by atoms with Crippen molar-refractivity contribution >= 4 is 0 Å². The lowest BCUT2D eigenvalue weighted by atomic mass is 10.1. The molecule has 0 aliphatic carbocycles. The predicted octanol–water partition coefficient (Wildman–Crippen LogP) is -0.0826. The minimum Gasteiger partial charge on any atom is -0.379 e. The Kier molecular flexibility index (Phi) is 3.75. The number of hydrazine groups is 1. The number of nitrogens with one attached hydrogen (secondary N) is 1. The van der Waals surface area contributed by atoms with Gasteiger partial charge in [-0.1, -0.05) is 0 Å². The SMILES string of the molecule is CN1CCCC(NN2CCOCC2)C1. The molecule has 2 aliphatic heterocycles. The van der Waals surface area contributed by atoms with E-state index in [0.717, 1.165) is 26.3 Å². The summed E-state index contributed by atoms with van der Waals surface area (Å²) in [5.74, 6) is 0. The molecule has 2 aliphatic rings. The Morgan fingerprint density at radius 1 is 1.21 bits per heavy atom. The Labute approximate surface area is 86.2 Å². The van der Waals surface area contributed by atoms with Crippen LogP contribution in [0.2, 0.25) is 0 Å². The number of likely N-dealkylation sites (tertiary alicyclic amines) is 1. The maximum Gasteiger partial charge on any atom is 0.0608 e. The van der Waals surface area contributed by atoms with E-state index in [1.807, 2.05) is 0 Å². The fourth-order valence-electron chi connectivity index (χ4n) is 2.22. The number of nitrogens with zero attached hydrogens (tertiary/aromatic N) is 2. The molecule has 0 bridgehead atoms. The highest BCUT2D eigenvalue weighted by atomic mass is 16.5. The standard InChI is InChI=1S/C10H21N3O/c1-12-4-2-3-10(9-12)11-13-5-7-14-8-6-13/h10-11H,2-9H2,1H3. The summed E-state index contributed by atoms with van der Waals surface area (Å²) in [5, 5.41) is 2.31. The summed E-state index contributed by atoms with van der Waals surface area (Å²) in [5.41, 5.74) is 3.60. The van der Waals surface area contributed by atoms with Crippen LogP contribution in [-0.2, 0) is 4.74 Å². The molecule has 82 valence electrons. The van der Waals surface area contributed by atoms with Crippen molar-refractivity contribution in [3.63, 3.8) is 0 Å². The molecule has 1 N–H and O–H groups in total. The van der Waals surface area contributed by atoms with Gasteiger partial charge in [-0.15, -0.1) is 0 Å². The van der Waals surface area contributed by atoms with Crippen molar-refractivity contribution in [2.75, 3.05) is 46.4 Å². The molecule has 4 heteroatoms. The van der Waals surface area contributed by atoms with E-state index in [1.165, 1.54) is 25.9 Å². The predicted molar refractivity (Wildman–Crippen MR) is 56.0 cm³/mol. The van der Waals surface area contributed by atoms with Crippen LogP contribution in [-0.4, -0.2) is 62.4 Å². The van der Waals surface area contributed by atoms with Gasteiger partial charge in [0, 0.05) is 25.7 Å². The molecule has 0 amide bonds. The second-order valence-electron chi connectivity index (χ2n) is 4.33. The van der Waals surface area contributed by atoms with Crippen molar-refractivity contribution in [2.24, 2.45) is 0 Å². The van der Waals surface area contributed by atoms with Gasteiger partial charge in [-0.05, 0) is 26.4 Å². The summed E-state index contributed by atoms with van der Waals surface area (Å²) in [4.78, 5) is 2.40. The van der Waals surface area contributed by atoms with Crippen LogP contribution >= 0.6 is 0 Å². The van der Waals surface area contributed by atoms with Crippen LogP contribution in [0.4, 0.5) is 0 Å². The number of rotatable bonds is 2. The first kappa shape index (κ1) is 10.4. The van der Waals surface area contributed by atoms with Crippen molar-refractivity contribution in [3.8, 4) is 0 Å². The summed E-state index contributed by atoms with van der Waals surface area (Å²) in [6, 6.07) is 0.645. The van der Waals surface area contributed by atoms with Crippen LogP contribution in [0.1, 0.15) is 12.8 Å². The highest BCUT2D eigenvalue weighted by Gasteiger charge is 2.20. The van der Waals surface area contributed by atoms with Crippen LogP contribution in [0.25, 0.3) is 0 Å². The average molecular weight is 199 g/mol. The van der Waals surface area contributed by atoms with Gasteiger partial charge in [0.15, 0.2) is 0 Å². The van der Waals surface area contributed by atoms with Crippen LogP contribution in [0.3, 0.4) is 0 Å². The normalized spacial score (nSPS) is 31.9. The molecule has 1 atom stereocenters. The van der Waals surface area contributed by atoms with Crippen LogP contribution in [0, 0.1) is 0 Å². The van der Waals surface area contributed by atoms with E-state index >= 15 is 0 Å². The van der Waals surface area contributed by atoms with E-state index in [0.29, 0.717) is 6.04 Å². The van der Waals surface area contributed by atoms with Gasteiger partial charge in [0.2, 0.25) is 0 Å². The lowest BCUT2D eigenvalue weighted by Crippen LogP contribution is -2.54. The van der Waals surface area contributed by atoms with Gasteiger partial charge in [-0.25, -0.2) is 5.01 Å². The molecule has 1 unspecified atom stereocenters. The number of morpholine rings is 1. The van der Waals surface area contributed by atoms with Crippen LogP contribution < -0.4 is 5.43 Å². The largest absolute Gasteiger partial charge is 0.379 e. The van der Waals surface area contributed by atoms with E-state index in [-0.39, 0.29) is 0 Å². The Balaban J connectivity index is 1.72. The Bertz CT molecular complexity index is 171. The smallest absolute Gasteiger partial charge is 0.0608 e. The average Bonchev–Trinajstić information content (AvgIpc) is 2.19. The number of piperidine rings is 1. The number of hydrogen-bond acceptors (Lipinski definition) is 4. The molecule has 0 aromatic heterocycles. The highest BCUT2D eigenvalue weighted by molar-refractivity contribution is 4.76.